The van der Waals surface area contributed by atoms with E-state index in [-0.39, 0.29) is 11.9 Å². The highest BCUT2D eigenvalue weighted by molar-refractivity contribution is 8.14. The molecule has 1 amide bonds. The van der Waals surface area contributed by atoms with Crippen LogP contribution in [0.25, 0.3) is 10.9 Å². The van der Waals surface area contributed by atoms with Gasteiger partial charge in [0.1, 0.15) is 5.04 Å². The van der Waals surface area contributed by atoms with Crippen molar-refractivity contribution in [2.24, 2.45) is 4.99 Å². The van der Waals surface area contributed by atoms with Crippen molar-refractivity contribution >= 4 is 39.3 Å². The molecule has 132 valence electrons. The maximum absolute atomic E-state index is 11.6. The molecule has 1 atom stereocenters. The number of hydrogen-bond acceptors (Lipinski definition) is 4. The van der Waals surface area contributed by atoms with Gasteiger partial charge in [0.05, 0.1) is 22.9 Å². The van der Waals surface area contributed by atoms with Crippen molar-refractivity contribution < 1.29 is 4.79 Å². The highest BCUT2D eigenvalue weighted by atomic mass is 32.2. The Morgan fingerprint density at radius 1 is 1.36 bits per heavy atom. The highest BCUT2D eigenvalue weighted by Gasteiger charge is 2.23. The lowest BCUT2D eigenvalue weighted by atomic mass is 10.2. The smallest absolute Gasteiger partial charge is 0.221 e. The zero-order valence-electron chi connectivity index (χ0n) is 14.5. The van der Waals surface area contributed by atoms with Crippen molar-refractivity contribution in [3.8, 4) is 0 Å². The van der Waals surface area contributed by atoms with Gasteiger partial charge in [-0.3, -0.25) is 9.79 Å². The lowest BCUT2D eigenvalue weighted by Crippen LogP contribution is -2.23. The number of fused-ring (bicyclic) bond motifs is 1. The van der Waals surface area contributed by atoms with Gasteiger partial charge in [-0.15, -0.1) is 11.8 Å². The molecule has 3 N–H and O–H groups in total. The molecule has 2 aliphatic rings. The zero-order valence-corrected chi connectivity index (χ0v) is 15.3. The maximum atomic E-state index is 11.6. The summed E-state index contributed by atoms with van der Waals surface area (Å²) in [5.74, 6) is 0.918. The fourth-order valence-corrected chi connectivity index (χ4v) is 4.70. The molecule has 2 aromatic rings. The Morgan fingerprint density at radius 2 is 2.20 bits per heavy atom. The standard InChI is InChI=1S/C19H24N4OS/c1-20-17(24)10-14-11-25-19(22-14)16-9-12-5-4-8-15(18(12)23-16)21-13-6-2-3-7-13/h4-5,8-9,13-14,21,23H,2-3,6-7,10-11H2,1H3,(H,20,24)/t14-/m1/s1. The van der Waals surface area contributed by atoms with Crippen molar-refractivity contribution in [3.05, 3.63) is 30.0 Å². The number of amides is 1. The van der Waals surface area contributed by atoms with E-state index in [1.807, 2.05) is 0 Å². The number of anilines is 1. The minimum atomic E-state index is 0.0512. The van der Waals surface area contributed by atoms with Gasteiger partial charge < -0.3 is 15.6 Å². The number of thioether (sulfide) groups is 1. The Labute approximate surface area is 152 Å². The summed E-state index contributed by atoms with van der Waals surface area (Å²) < 4.78 is 0. The minimum Gasteiger partial charge on any atom is -0.381 e. The monoisotopic (exact) mass is 356 g/mol. The van der Waals surface area contributed by atoms with Crippen LogP contribution in [0.4, 0.5) is 5.69 Å². The van der Waals surface area contributed by atoms with Gasteiger partial charge in [0, 0.05) is 30.6 Å². The van der Waals surface area contributed by atoms with Crippen LogP contribution in [0.15, 0.2) is 29.3 Å². The van der Waals surface area contributed by atoms with Crippen LogP contribution in [-0.4, -0.2) is 40.8 Å². The number of para-hydroxylation sites is 1. The van der Waals surface area contributed by atoms with E-state index >= 15 is 0 Å². The molecule has 1 aliphatic heterocycles. The second-order valence-electron chi connectivity index (χ2n) is 6.85. The van der Waals surface area contributed by atoms with Crippen molar-refractivity contribution in [2.45, 2.75) is 44.2 Å². The molecule has 0 unspecified atom stereocenters. The second kappa shape index (κ2) is 7.12. The molecule has 0 bridgehead atoms. The molecule has 0 radical (unpaired) electrons. The Kier molecular flexibility index (Phi) is 4.70. The van der Waals surface area contributed by atoms with Crippen LogP contribution in [-0.2, 0) is 4.79 Å². The van der Waals surface area contributed by atoms with E-state index in [0.29, 0.717) is 12.5 Å². The average molecular weight is 356 g/mol. The quantitative estimate of drug-likeness (QED) is 0.768. The number of carbonyl (C=O) groups is 1. The van der Waals surface area contributed by atoms with E-state index in [1.54, 1.807) is 18.8 Å². The molecular formula is C19H24N4OS. The molecule has 4 rings (SSSR count). The second-order valence-corrected chi connectivity index (χ2v) is 7.86. The SMILES string of the molecule is CNC(=O)C[C@@H]1CSC(c2cc3cccc(NC4CCCC4)c3[nH]2)=N1. The topological polar surface area (TPSA) is 69.3 Å². The number of carbonyl (C=O) groups excluding carboxylic acids is 1. The van der Waals surface area contributed by atoms with Crippen LogP contribution in [0, 0.1) is 0 Å². The van der Waals surface area contributed by atoms with E-state index in [9.17, 15) is 4.79 Å². The number of aromatic nitrogens is 1. The Hall–Kier alpha value is -1.95. The van der Waals surface area contributed by atoms with Crippen LogP contribution in [0.2, 0.25) is 0 Å². The third kappa shape index (κ3) is 3.54. The predicted octanol–water partition coefficient (Wildman–Crippen LogP) is 3.52. The maximum Gasteiger partial charge on any atom is 0.221 e. The number of benzene rings is 1. The van der Waals surface area contributed by atoms with Crippen LogP contribution in [0.1, 0.15) is 37.8 Å². The third-order valence-electron chi connectivity index (χ3n) is 5.01. The number of nitrogens with zero attached hydrogens (tertiary/aromatic N) is 1. The summed E-state index contributed by atoms with van der Waals surface area (Å²) in [4.78, 5) is 19.9. The number of aliphatic imine (C=N–C) groups is 1. The largest absolute Gasteiger partial charge is 0.381 e. The first-order valence-corrected chi connectivity index (χ1v) is 10.0. The molecular weight excluding hydrogens is 332 g/mol. The lowest BCUT2D eigenvalue weighted by molar-refractivity contribution is -0.120. The van der Waals surface area contributed by atoms with Crippen molar-refractivity contribution in [1.29, 1.82) is 0 Å². The Balaban J connectivity index is 1.57. The molecule has 1 aromatic carbocycles. The number of H-pyrrole nitrogens is 1. The van der Waals surface area contributed by atoms with Gasteiger partial charge in [0.15, 0.2) is 0 Å². The van der Waals surface area contributed by atoms with Gasteiger partial charge in [-0.2, -0.15) is 0 Å². The third-order valence-corrected chi connectivity index (χ3v) is 6.16. The predicted molar refractivity (Wildman–Crippen MR) is 106 cm³/mol. The van der Waals surface area contributed by atoms with Gasteiger partial charge in [-0.1, -0.05) is 25.0 Å². The molecule has 5 nitrogen and oxygen atoms in total. The van der Waals surface area contributed by atoms with Crippen molar-refractivity contribution in [3.63, 3.8) is 0 Å². The van der Waals surface area contributed by atoms with E-state index in [1.165, 1.54) is 36.8 Å². The number of hydrogen-bond donors (Lipinski definition) is 3. The first kappa shape index (κ1) is 16.5. The summed E-state index contributed by atoms with van der Waals surface area (Å²) >= 11 is 1.73. The zero-order chi connectivity index (χ0) is 17.2. The van der Waals surface area contributed by atoms with Gasteiger partial charge in [-0.05, 0) is 25.0 Å². The summed E-state index contributed by atoms with van der Waals surface area (Å²) in [5.41, 5.74) is 3.39. The summed E-state index contributed by atoms with van der Waals surface area (Å²) in [6, 6.07) is 9.23. The number of rotatable bonds is 5. The molecule has 25 heavy (non-hydrogen) atoms. The molecule has 1 aromatic heterocycles. The van der Waals surface area contributed by atoms with Crippen LogP contribution < -0.4 is 10.6 Å². The Morgan fingerprint density at radius 3 is 3.00 bits per heavy atom. The molecule has 0 spiro atoms. The summed E-state index contributed by atoms with van der Waals surface area (Å²) in [6.07, 6.45) is 5.62. The number of nitrogens with one attached hydrogen (secondary N) is 3. The average Bonchev–Trinajstić information content (AvgIpc) is 3.35. The van der Waals surface area contributed by atoms with Crippen LogP contribution in [0.5, 0.6) is 0 Å². The summed E-state index contributed by atoms with van der Waals surface area (Å²) in [6.45, 7) is 0. The van der Waals surface area contributed by atoms with Crippen LogP contribution >= 0.6 is 11.8 Å². The van der Waals surface area contributed by atoms with Crippen molar-refractivity contribution in [1.82, 2.24) is 10.3 Å². The fourth-order valence-electron chi connectivity index (χ4n) is 3.67. The minimum absolute atomic E-state index is 0.0512. The van der Waals surface area contributed by atoms with E-state index in [2.05, 4.69) is 39.9 Å². The van der Waals surface area contributed by atoms with E-state index in [4.69, 9.17) is 4.99 Å². The molecule has 2 heterocycles. The van der Waals surface area contributed by atoms with Gasteiger partial charge >= 0.3 is 0 Å². The number of aromatic amines is 1. The first-order valence-electron chi connectivity index (χ1n) is 9.03. The van der Waals surface area contributed by atoms with Gasteiger partial charge in [0.25, 0.3) is 0 Å². The van der Waals surface area contributed by atoms with E-state index in [0.717, 1.165) is 22.0 Å². The molecule has 1 fully saturated rings. The molecule has 6 heteroatoms. The fraction of sp³-hybridized carbons (Fsp3) is 0.474. The Bertz CT molecular complexity index is 807. The molecule has 0 saturated heterocycles. The van der Waals surface area contributed by atoms with Crippen molar-refractivity contribution in [2.75, 3.05) is 18.1 Å². The van der Waals surface area contributed by atoms with Crippen LogP contribution in [0.3, 0.4) is 0 Å². The van der Waals surface area contributed by atoms with Gasteiger partial charge in [0.2, 0.25) is 5.91 Å². The summed E-state index contributed by atoms with van der Waals surface area (Å²) in [5, 5.41) is 8.59. The molecule has 1 saturated carbocycles. The lowest BCUT2D eigenvalue weighted by Gasteiger charge is -2.14. The molecule has 1 aliphatic carbocycles. The van der Waals surface area contributed by atoms with E-state index < -0.39 is 0 Å². The normalized spacial score (nSPS) is 20.8. The highest BCUT2D eigenvalue weighted by Crippen LogP contribution is 2.31. The first-order chi connectivity index (χ1) is 12.2. The van der Waals surface area contributed by atoms with Gasteiger partial charge in [-0.25, -0.2) is 0 Å². The summed E-state index contributed by atoms with van der Waals surface area (Å²) in [7, 11) is 1.67.